The lowest BCUT2D eigenvalue weighted by Gasteiger charge is -2.37. The molecule has 0 spiro atoms. The zero-order valence-corrected chi connectivity index (χ0v) is 9.18. The minimum Gasteiger partial charge on any atom is -0.665 e. The summed E-state index contributed by atoms with van der Waals surface area (Å²) in [7, 11) is 1.05. The Morgan fingerprint density at radius 3 is 2.83 bits per heavy atom. The first-order chi connectivity index (χ1) is 8.35. The van der Waals surface area contributed by atoms with Crippen LogP contribution in [0.4, 0.5) is 4.39 Å². The summed E-state index contributed by atoms with van der Waals surface area (Å²) in [5.74, 6) is -4.22. The third-order valence-corrected chi connectivity index (χ3v) is 2.32. The van der Waals surface area contributed by atoms with E-state index >= 15 is 0 Å². The van der Waals surface area contributed by atoms with Gasteiger partial charge in [-0.3, -0.25) is 0 Å². The maximum atomic E-state index is 13.5. The fourth-order valence-electron chi connectivity index (χ4n) is 1.62. The number of hydrogen-bond donors (Lipinski definition) is 2. The van der Waals surface area contributed by atoms with Crippen molar-refractivity contribution >= 4 is 12.7 Å². The third kappa shape index (κ3) is 1.93. The molecular weight excluding hydrogens is 250 g/mol. The standard InChI is InChI=1S/C9H9BFO7/c1-16-7-4(11)2-5-8(6(7)9(12)13)18-10(14,15)3-17-5/h2,14-15H,3H2,1H3,(H,12,13)/q-1/p-1. The molecule has 0 unspecified atom stereocenters. The van der Waals surface area contributed by atoms with Gasteiger partial charge in [0.15, 0.2) is 17.3 Å². The van der Waals surface area contributed by atoms with Gasteiger partial charge in [-0.15, -0.1) is 0 Å². The van der Waals surface area contributed by atoms with Gasteiger partial charge in [-0.05, 0) is 0 Å². The molecule has 0 aromatic heterocycles. The first-order valence-corrected chi connectivity index (χ1v) is 4.89. The van der Waals surface area contributed by atoms with E-state index in [1.54, 1.807) is 0 Å². The Labute approximate surface area is 100 Å². The number of methoxy groups -OCH3 is 1. The van der Waals surface area contributed by atoms with Crippen molar-refractivity contribution in [2.24, 2.45) is 0 Å². The Morgan fingerprint density at radius 2 is 2.28 bits per heavy atom. The molecule has 0 atom stereocenters. The summed E-state index contributed by atoms with van der Waals surface area (Å²) in [6.45, 7) is -4.00. The fraction of sp³-hybridized carbons (Fsp3) is 0.222. The molecule has 0 aliphatic carbocycles. The summed E-state index contributed by atoms with van der Waals surface area (Å²) in [6, 6.07) is 0.825. The topological polar surface area (TPSA) is 108 Å². The van der Waals surface area contributed by atoms with Crippen LogP contribution >= 0.6 is 0 Å². The molecule has 1 aliphatic heterocycles. The van der Waals surface area contributed by atoms with Crippen molar-refractivity contribution in [3.63, 3.8) is 0 Å². The van der Waals surface area contributed by atoms with Gasteiger partial charge in [-0.25, -0.2) is 4.39 Å². The molecule has 7 nitrogen and oxygen atoms in total. The number of carboxylic acids is 1. The third-order valence-electron chi connectivity index (χ3n) is 2.32. The fourth-order valence-corrected chi connectivity index (χ4v) is 1.62. The van der Waals surface area contributed by atoms with Gasteiger partial charge < -0.3 is 34.1 Å². The molecule has 2 N–H and O–H groups in total. The quantitative estimate of drug-likeness (QED) is 0.617. The number of aromatic carboxylic acids is 1. The second-order valence-electron chi connectivity index (χ2n) is 3.67. The van der Waals surface area contributed by atoms with Gasteiger partial charge in [0.25, 0.3) is 0 Å². The molecule has 0 saturated heterocycles. The Hall–Kier alpha value is -2.00. The molecule has 2 rings (SSSR count). The van der Waals surface area contributed by atoms with Gasteiger partial charge in [0.1, 0.15) is 5.75 Å². The van der Waals surface area contributed by atoms with Crippen LogP contribution in [0.2, 0.25) is 0 Å². The van der Waals surface area contributed by atoms with E-state index in [-0.39, 0.29) is 5.75 Å². The van der Waals surface area contributed by atoms with E-state index in [1.807, 2.05) is 0 Å². The first kappa shape index (κ1) is 12.5. The zero-order valence-electron chi connectivity index (χ0n) is 9.18. The number of carboxylic acid groups (broad SMARTS) is 1. The van der Waals surface area contributed by atoms with Gasteiger partial charge in [0.2, 0.25) is 0 Å². The smallest absolute Gasteiger partial charge is 0.467 e. The van der Waals surface area contributed by atoms with Crippen LogP contribution in [0.25, 0.3) is 0 Å². The van der Waals surface area contributed by atoms with Crippen molar-refractivity contribution in [3.05, 3.63) is 17.4 Å². The van der Waals surface area contributed by atoms with E-state index in [2.05, 4.69) is 4.74 Å². The summed E-state index contributed by atoms with van der Waals surface area (Å²) >= 11 is 0. The number of benzene rings is 1. The molecule has 18 heavy (non-hydrogen) atoms. The van der Waals surface area contributed by atoms with E-state index in [4.69, 9.17) is 9.39 Å². The highest BCUT2D eigenvalue weighted by Crippen LogP contribution is 2.42. The lowest BCUT2D eigenvalue weighted by atomic mass is 9.80. The van der Waals surface area contributed by atoms with Crippen LogP contribution in [0.5, 0.6) is 17.2 Å². The molecule has 0 radical (unpaired) electrons. The summed E-state index contributed by atoms with van der Waals surface area (Å²) in [5.41, 5.74) is -0.776. The van der Waals surface area contributed by atoms with E-state index in [0.29, 0.717) is 0 Å². The van der Waals surface area contributed by atoms with Gasteiger partial charge in [0, 0.05) is 6.07 Å². The Balaban J connectivity index is 2.67. The van der Waals surface area contributed by atoms with Crippen LogP contribution in [-0.2, 0) is 0 Å². The summed E-state index contributed by atoms with van der Waals surface area (Å²) < 4.78 is 27.6. The number of carbonyl (C=O) groups excluding carboxylic acids is 1. The molecule has 98 valence electrons. The van der Waals surface area contributed by atoms with Crippen LogP contribution in [0.15, 0.2) is 6.07 Å². The van der Waals surface area contributed by atoms with Crippen LogP contribution < -0.4 is 19.2 Å². The van der Waals surface area contributed by atoms with Crippen molar-refractivity contribution in [2.75, 3.05) is 13.6 Å². The Morgan fingerprint density at radius 1 is 1.61 bits per heavy atom. The molecule has 1 aromatic rings. The predicted octanol–water partition coefficient (Wildman–Crippen LogP) is -1.57. The number of fused-ring (bicyclic) bond motifs is 1. The minimum atomic E-state index is -3.36. The molecule has 0 fully saturated rings. The van der Waals surface area contributed by atoms with Crippen molar-refractivity contribution < 1.29 is 38.5 Å². The van der Waals surface area contributed by atoms with E-state index in [9.17, 15) is 24.3 Å². The number of halogens is 1. The van der Waals surface area contributed by atoms with E-state index in [1.165, 1.54) is 0 Å². The highest BCUT2D eigenvalue weighted by molar-refractivity contribution is 6.58. The van der Waals surface area contributed by atoms with Gasteiger partial charge in [0.05, 0.1) is 25.1 Å². The van der Waals surface area contributed by atoms with Crippen LogP contribution in [-0.4, -0.2) is 36.4 Å². The molecule has 9 heteroatoms. The van der Waals surface area contributed by atoms with Crippen molar-refractivity contribution in [1.29, 1.82) is 0 Å². The molecule has 0 amide bonds. The Bertz CT molecular complexity index is 516. The predicted molar refractivity (Wildman–Crippen MR) is 53.6 cm³/mol. The molecule has 0 saturated carbocycles. The normalized spacial score (nSPS) is 16.2. The van der Waals surface area contributed by atoms with Crippen molar-refractivity contribution in [1.82, 2.24) is 0 Å². The molecule has 1 aromatic carbocycles. The monoisotopic (exact) mass is 258 g/mol. The van der Waals surface area contributed by atoms with Crippen LogP contribution in [0.1, 0.15) is 10.4 Å². The van der Waals surface area contributed by atoms with E-state index < -0.39 is 42.1 Å². The zero-order chi connectivity index (χ0) is 13.5. The second-order valence-corrected chi connectivity index (χ2v) is 3.67. The van der Waals surface area contributed by atoms with Crippen LogP contribution in [0, 0.1) is 5.82 Å². The van der Waals surface area contributed by atoms with Gasteiger partial charge in [-0.2, -0.15) is 0 Å². The van der Waals surface area contributed by atoms with Crippen LogP contribution in [0.3, 0.4) is 0 Å². The maximum Gasteiger partial charge on any atom is 0.467 e. The number of rotatable bonds is 2. The maximum absolute atomic E-state index is 13.5. The largest absolute Gasteiger partial charge is 0.665 e. The molecule has 1 heterocycles. The van der Waals surface area contributed by atoms with Crippen molar-refractivity contribution in [2.45, 2.75) is 0 Å². The SMILES string of the molecule is COc1c(F)cc2c(c1C(=O)[O-])O[B-](O)(O)CO2. The summed E-state index contributed by atoms with van der Waals surface area (Å²) in [4.78, 5) is 11.0. The Kier molecular flexibility index (Phi) is 2.79. The highest BCUT2D eigenvalue weighted by atomic mass is 19.1. The van der Waals surface area contributed by atoms with Gasteiger partial charge >= 0.3 is 6.75 Å². The number of ether oxygens (including phenoxy) is 2. The number of hydrogen-bond acceptors (Lipinski definition) is 7. The molecule has 1 aliphatic rings. The number of carbonyl (C=O) groups is 1. The van der Waals surface area contributed by atoms with Gasteiger partial charge in [-0.1, -0.05) is 0 Å². The summed E-state index contributed by atoms with van der Waals surface area (Å²) in [5, 5.41) is 29.5. The summed E-state index contributed by atoms with van der Waals surface area (Å²) in [6.07, 6.45) is 0. The second kappa shape index (κ2) is 4.04. The molecular formula is C9H8BFO7-2. The molecule has 0 bridgehead atoms. The first-order valence-electron chi connectivity index (χ1n) is 4.89. The highest BCUT2D eigenvalue weighted by Gasteiger charge is 2.34. The minimum absolute atomic E-state index is 0.270. The lowest BCUT2D eigenvalue weighted by Crippen LogP contribution is -2.51. The van der Waals surface area contributed by atoms with E-state index in [0.717, 1.165) is 13.2 Å². The lowest BCUT2D eigenvalue weighted by molar-refractivity contribution is -0.255. The van der Waals surface area contributed by atoms with Crippen molar-refractivity contribution in [3.8, 4) is 17.2 Å². The average molecular weight is 258 g/mol. The average Bonchev–Trinajstić information content (AvgIpc) is 2.27.